The topological polar surface area (TPSA) is 64.6 Å². The number of fused-ring (bicyclic) bond motifs is 1. The highest BCUT2D eigenvalue weighted by atomic mass is 79.9. The highest BCUT2D eigenvalue weighted by Gasteiger charge is 2.43. The molecule has 150 valence electrons. The van der Waals surface area contributed by atoms with E-state index in [9.17, 15) is 8.42 Å². The van der Waals surface area contributed by atoms with Crippen LogP contribution in [0.4, 0.5) is 0 Å². The summed E-state index contributed by atoms with van der Waals surface area (Å²) in [5, 5.41) is 0. The second-order valence-corrected chi connectivity index (χ2v) is 10.2. The van der Waals surface area contributed by atoms with Crippen LogP contribution >= 0.6 is 15.9 Å². The molecule has 0 amide bonds. The molecule has 0 bridgehead atoms. The lowest BCUT2D eigenvalue weighted by Crippen LogP contribution is -2.46. The molecule has 1 atom stereocenters. The van der Waals surface area contributed by atoms with Gasteiger partial charge in [-0.05, 0) is 49.9 Å². The number of para-hydroxylation sites is 1. The number of ether oxygens (including phenoxy) is 2. The van der Waals surface area contributed by atoms with Crippen molar-refractivity contribution in [3.8, 4) is 11.5 Å². The first-order chi connectivity index (χ1) is 13.4. The Morgan fingerprint density at radius 2 is 1.89 bits per heavy atom. The van der Waals surface area contributed by atoms with Crippen LogP contribution in [-0.2, 0) is 10.0 Å². The molecule has 2 aromatic rings. The number of hydrogen-bond donors (Lipinski definition) is 1. The summed E-state index contributed by atoms with van der Waals surface area (Å²) in [7, 11) is -2.31. The van der Waals surface area contributed by atoms with Gasteiger partial charge in [0.1, 0.15) is 22.0 Å². The predicted molar refractivity (Wildman–Crippen MR) is 111 cm³/mol. The highest BCUT2D eigenvalue weighted by Crippen LogP contribution is 2.46. The second kappa shape index (κ2) is 7.69. The average molecular weight is 466 g/mol. The van der Waals surface area contributed by atoms with Gasteiger partial charge in [0.25, 0.3) is 0 Å². The van der Waals surface area contributed by atoms with Crippen LogP contribution in [0.1, 0.15) is 50.1 Å². The van der Waals surface area contributed by atoms with E-state index in [4.69, 9.17) is 9.47 Å². The summed E-state index contributed by atoms with van der Waals surface area (Å²) >= 11 is 3.36. The first-order valence-corrected chi connectivity index (χ1v) is 11.8. The molecule has 1 unspecified atom stereocenters. The molecule has 2 aliphatic rings. The quantitative estimate of drug-likeness (QED) is 0.692. The van der Waals surface area contributed by atoms with Crippen LogP contribution in [0.25, 0.3) is 0 Å². The first kappa shape index (κ1) is 19.7. The summed E-state index contributed by atoms with van der Waals surface area (Å²) in [6.07, 6.45) is 5.99. The van der Waals surface area contributed by atoms with Gasteiger partial charge in [-0.2, -0.15) is 0 Å². The van der Waals surface area contributed by atoms with Crippen LogP contribution in [-0.4, -0.2) is 21.1 Å². The van der Waals surface area contributed by atoms with Crippen molar-refractivity contribution in [2.24, 2.45) is 0 Å². The summed E-state index contributed by atoms with van der Waals surface area (Å²) in [5.41, 5.74) is 0.595. The minimum atomic E-state index is -3.78. The Hall–Kier alpha value is -1.57. The molecule has 1 aliphatic carbocycles. The van der Waals surface area contributed by atoms with E-state index < -0.39 is 10.0 Å². The van der Waals surface area contributed by atoms with Crippen LogP contribution in [0.3, 0.4) is 0 Å². The van der Waals surface area contributed by atoms with Crippen LogP contribution in [0.5, 0.6) is 11.5 Å². The van der Waals surface area contributed by atoms with E-state index in [1.807, 2.05) is 24.3 Å². The van der Waals surface area contributed by atoms with E-state index >= 15 is 0 Å². The number of hydrogen-bond acceptors (Lipinski definition) is 4. The van der Waals surface area contributed by atoms with E-state index in [0.29, 0.717) is 16.6 Å². The summed E-state index contributed by atoms with van der Waals surface area (Å²) < 4.78 is 41.8. The monoisotopic (exact) mass is 465 g/mol. The van der Waals surface area contributed by atoms with Gasteiger partial charge >= 0.3 is 0 Å². The Balaban J connectivity index is 1.71. The molecular weight excluding hydrogens is 442 g/mol. The van der Waals surface area contributed by atoms with Crippen LogP contribution in [0.2, 0.25) is 0 Å². The Morgan fingerprint density at radius 3 is 2.64 bits per heavy atom. The molecule has 1 spiro atoms. The van der Waals surface area contributed by atoms with Crippen LogP contribution in [0, 0.1) is 0 Å². The van der Waals surface area contributed by atoms with Gasteiger partial charge in [-0.1, -0.05) is 40.5 Å². The molecule has 28 heavy (non-hydrogen) atoms. The minimum absolute atomic E-state index is 0.131. The van der Waals surface area contributed by atoms with Crippen molar-refractivity contribution in [3.63, 3.8) is 0 Å². The third-order valence-electron chi connectivity index (χ3n) is 5.67. The van der Waals surface area contributed by atoms with Crippen molar-refractivity contribution in [3.05, 3.63) is 52.5 Å². The molecule has 1 aliphatic heterocycles. The smallest absolute Gasteiger partial charge is 0.244 e. The number of methoxy groups -OCH3 is 1. The van der Waals surface area contributed by atoms with Crippen molar-refractivity contribution in [2.45, 2.75) is 55.1 Å². The standard InChI is InChI=1S/C21H24BrNO4S/c1-26-19-10-9-15(22)13-20(19)28(24,25)23-17-14-21(11-5-2-6-12-21)27-18-8-4-3-7-16(17)18/h3-4,7-10,13,17,23H,2,5-6,11-12,14H2,1H3. The van der Waals surface area contributed by atoms with E-state index in [2.05, 4.69) is 20.7 Å². The summed E-state index contributed by atoms with van der Waals surface area (Å²) in [4.78, 5) is 0.131. The molecule has 1 heterocycles. The minimum Gasteiger partial charge on any atom is -0.495 e. The largest absolute Gasteiger partial charge is 0.495 e. The molecule has 1 fully saturated rings. The lowest BCUT2D eigenvalue weighted by Gasteiger charge is -2.44. The van der Waals surface area contributed by atoms with Crippen LogP contribution < -0.4 is 14.2 Å². The van der Waals surface area contributed by atoms with Gasteiger partial charge in [0, 0.05) is 16.5 Å². The third-order valence-corrected chi connectivity index (χ3v) is 7.66. The van der Waals surface area contributed by atoms with Gasteiger partial charge in [0.2, 0.25) is 10.0 Å². The van der Waals surface area contributed by atoms with E-state index in [1.54, 1.807) is 18.2 Å². The van der Waals surface area contributed by atoms with Gasteiger partial charge in [-0.25, -0.2) is 13.1 Å². The molecule has 4 rings (SSSR count). The maximum atomic E-state index is 13.3. The van der Waals surface area contributed by atoms with E-state index in [-0.39, 0.29) is 16.5 Å². The Labute approximate surface area is 174 Å². The molecule has 1 N–H and O–H groups in total. The number of benzene rings is 2. The van der Waals surface area contributed by atoms with E-state index in [0.717, 1.165) is 37.0 Å². The number of rotatable bonds is 4. The van der Waals surface area contributed by atoms with Crippen LogP contribution in [0.15, 0.2) is 51.8 Å². The molecule has 0 radical (unpaired) electrons. The van der Waals surface area contributed by atoms with Gasteiger partial charge in [-0.3, -0.25) is 0 Å². The average Bonchev–Trinajstić information content (AvgIpc) is 2.68. The van der Waals surface area contributed by atoms with Gasteiger partial charge < -0.3 is 9.47 Å². The Morgan fingerprint density at radius 1 is 1.14 bits per heavy atom. The predicted octanol–water partition coefficient (Wildman–Crippen LogP) is 4.96. The zero-order chi connectivity index (χ0) is 19.8. The summed E-state index contributed by atoms with van der Waals surface area (Å²) in [6, 6.07) is 12.4. The molecule has 7 heteroatoms. The zero-order valence-corrected chi connectivity index (χ0v) is 18.2. The number of sulfonamides is 1. The maximum Gasteiger partial charge on any atom is 0.244 e. The molecule has 5 nitrogen and oxygen atoms in total. The van der Waals surface area contributed by atoms with Crippen molar-refractivity contribution in [2.75, 3.05) is 7.11 Å². The van der Waals surface area contributed by atoms with E-state index in [1.165, 1.54) is 13.5 Å². The third kappa shape index (κ3) is 3.80. The lowest BCUT2D eigenvalue weighted by atomic mass is 9.77. The second-order valence-electron chi connectivity index (χ2n) is 7.56. The molecule has 2 aromatic carbocycles. The normalized spacial score (nSPS) is 21.0. The van der Waals surface area contributed by atoms with Gasteiger partial charge in [-0.15, -0.1) is 0 Å². The SMILES string of the molecule is COc1ccc(Br)cc1S(=O)(=O)NC1CC2(CCCCC2)Oc2ccccc21. The van der Waals surface area contributed by atoms with Gasteiger partial charge in [0.05, 0.1) is 13.2 Å². The fourth-order valence-corrected chi connectivity index (χ4v) is 6.26. The van der Waals surface area contributed by atoms with Crippen molar-refractivity contribution < 1.29 is 17.9 Å². The van der Waals surface area contributed by atoms with Gasteiger partial charge in [0.15, 0.2) is 0 Å². The molecule has 0 saturated heterocycles. The zero-order valence-electron chi connectivity index (χ0n) is 15.8. The Bertz CT molecular complexity index is 970. The van der Waals surface area contributed by atoms with Crippen molar-refractivity contribution in [1.29, 1.82) is 0 Å². The molecule has 0 aromatic heterocycles. The fourth-order valence-electron chi connectivity index (χ4n) is 4.34. The van der Waals surface area contributed by atoms with Crippen molar-refractivity contribution in [1.82, 2.24) is 4.72 Å². The first-order valence-electron chi connectivity index (χ1n) is 9.56. The summed E-state index contributed by atoms with van der Waals surface area (Å²) in [5.74, 6) is 1.10. The lowest BCUT2D eigenvalue weighted by molar-refractivity contribution is 0.0000737. The fraction of sp³-hybridized carbons (Fsp3) is 0.429. The number of nitrogens with one attached hydrogen (secondary N) is 1. The van der Waals surface area contributed by atoms with Crippen molar-refractivity contribution >= 4 is 26.0 Å². The number of halogens is 1. The Kier molecular flexibility index (Phi) is 5.42. The molecule has 1 saturated carbocycles. The molecular formula is C21H24BrNO4S. The summed E-state index contributed by atoms with van der Waals surface area (Å²) in [6.45, 7) is 0. The highest BCUT2D eigenvalue weighted by molar-refractivity contribution is 9.10. The maximum absolute atomic E-state index is 13.3.